The molecule has 1 aliphatic heterocycles. The van der Waals surface area contributed by atoms with Crippen LogP contribution >= 0.6 is 34.7 Å². The number of rotatable bonds is 8. The Balaban J connectivity index is 1.68. The summed E-state index contributed by atoms with van der Waals surface area (Å²) in [6.45, 7) is 0. The van der Waals surface area contributed by atoms with Gasteiger partial charge in [0.1, 0.15) is 0 Å². The van der Waals surface area contributed by atoms with Gasteiger partial charge in [0.15, 0.2) is 17.3 Å². The standard InChI is InChI=1S/C26H22ClF3N4O4S2/c1-37-18-5-3-4-15(22(18)38-2)23-16-10-13(27)6-8-17(16)34-24(32-33-25(34)26(28,29)30)19(40-23)11-20-31-12-14(39-20)7-9-21(35)36/h3-6,8,10,12,19,23H,7,9,11H2,1-2H3,(H,35,36)/t19-,23-/m1/s1. The van der Waals surface area contributed by atoms with E-state index in [-0.39, 0.29) is 24.4 Å². The number of fused-ring (bicyclic) bond motifs is 3. The third kappa shape index (κ3) is 5.50. The van der Waals surface area contributed by atoms with Crippen LogP contribution in [0.3, 0.4) is 0 Å². The lowest BCUT2D eigenvalue weighted by Crippen LogP contribution is -2.16. The third-order valence-corrected chi connectivity index (χ3v) is 9.11. The van der Waals surface area contributed by atoms with Crippen molar-refractivity contribution in [2.45, 2.75) is 35.9 Å². The van der Waals surface area contributed by atoms with E-state index < -0.39 is 28.5 Å². The molecule has 8 nitrogen and oxygen atoms in total. The van der Waals surface area contributed by atoms with Gasteiger partial charge in [-0.05, 0) is 36.2 Å². The Bertz CT molecular complexity index is 1560. The molecule has 0 aliphatic carbocycles. The monoisotopic (exact) mass is 610 g/mol. The van der Waals surface area contributed by atoms with Gasteiger partial charge in [0.05, 0.1) is 41.8 Å². The van der Waals surface area contributed by atoms with Crippen molar-refractivity contribution >= 4 is 40.7 Å². The number of hydrogen-bond donors (Lipinski definition) is 1. The number of aryl methyl sites for hydroxylation is 1. The number of nitrogens with zero attached hydrogens (tertiary/aromatic N) is 4. The Labute approximate surface area is 240 Å². The zero-order valence-electron chi connectivity index (χ0n) is 21.1. The van der Waals surface area contributed by atoms with Crippen molar-refractivity contribution in [3.63, 3.8) is 0 Å². The summed E-state index contributed by atoms with van der Waals surface area (Å²) < 4.78 is 54.9. The van der Waals surface area contributed by atoms with Crippen LogP contribution in [0.1, 0.15) is 49.6 Å². The summed E-state index contributed by atoms with van der Waals surface area (Å²) in [6.07, 6.45) is -2.66. The number of para-hydroxylation sites is 1. The maximum atomic E-state index is 14.2. The molecule has 1 N–H and O–H groups in total. The van der Waals surface area contributed by atoms with E-state index >= 15 is 0 Å². The fourth-order valence-electron chi connectivity index (χ4n) is 4.61. The normalized spacial score (nSPS) is 16.6. The van der Waals surface area contributed by atoms with Gasteiger partial charge in [-0.3, -0.25) is 9.36 Å². The fourth-order valence-corrected chi connectivity index (χ4v) is 7.39. The summed E-state index contributed by atoms with van der Waals surface area (Å²) in [7, 11) is 3.01. The number of carbonyl (C=O) groups is 1. The van der Waals surface area contributed by atoms with Gasteiger partial charge >= 0.3 is 12.1 Å². The summed E-state index contributed by atoms with van der Waals surface area (Å²) in [5, 5.41) is 16.5. The molecule has 0 unspecified atom stereocenters. The van der Waals surface area contributed by atoms with E-state index in [0.29, 0.717) is 39.1 Å². The predicted octanol–water partition coefficient (Wildman–Crippen LogP) is 6.55. The maximum absolute atomic E-state index is 14.2. The molecule has 1 aliphatic rings. The fraction of sp³-hybridized carbons (Fsp3) is 0.308. The Morgan fingerprint density at radius 1 is 1.15 bits per heavy atom. The largest absolute Gasteiger partial charge is 0.493 e. The van der Waals surface area contributed by atoms with Crippen molar-refractivity contribution in [1.82, 2.24) is 19.7 Å². The highest BCUT2D eigenvalue weighted by Gasteiger charge is 2.43. The van der Waals surface area contributed by atoms with Gasteiger partial charge in [0, 0.05) is 28.1 Å². The van der Waals surface area contributed by atoms with Gasteiger partial charge in [-0.2, -0.15) is 13.2 Å². The molecule has 4 aromatic rings. The van der Waals surface area contributed by atoms with E-state index in [9.17, 15) is 18.0 Å². The summed E-state index contributed by atoms with van der Waals surface area (Å²) >= 11 is 9.10. The highest BCUT2D eigenvalue weighted by molar-refractivity contribution is 8.00. The van der Waals surface area contributed by atoms with E-state index in [1.807, 2.05) is 6.07 Å². The molecule has 3 heterocycles. The summed E-state index contributed by atoms with van der Waals surface area (Å²) in [5.41, 5.74) is 1.47. The van der Waals surface area contributed by atoms with Gasteiger partial charge < -0.3 is 14.6 Å². The quantitative estimate of drug-likeness (QED) is 0.240. The maximum Gasteiger partial charge on any atom is 0.452 e. The number of aliphatic carboxylic acids is 1. The molecule has 40 heavy (non-hydrogen) atoms. The minimum atomic E-state index is -4.77. The molecule has 0 saturated carbocycles. The molecule has 14 heteroatoms. The lowest BCUT2D eigenvalue weighted by atomic mass is 10.0. The first-order valence-corrected chi connectivity index (χ1v) is 14.1. The first kappa shape index (κ1) is 28.2. The molecule has 0 saturated heterocycles. The minimum absolute atomic E-state index is 0.0448. The van der Waals surface area contributed by atoms with Crippen molar-refractivity contribution in [3.8, 4) is 17.2 Å². The lowest BCUT2D eigenvalue weighted by Gasteiger charge is -2.23. The predicted molar refractivity (Wildman–Crippen MR) is 145 cm³/mol. The van der Waals surface area contributed by atoms with Crippen LogP contribution in [0.4, 0.5) is 13.2 Å². The SMILES string of the molecule is COc1cccc([C@H]2S[C@H](Cc3ncc(CCC(=O)O)s3)c3nnc(C(F)(F)F)n3-c3ccc(Cl)cc32)c1OC. The van der Waals surface area contributed by atoms with Gasteiger partial charge in [0.25, 0.3) is 0 Å². The smallest absolute Gasteiger partial charge is 0.452 e. The van der Waals surface area contributed by atoms with Crippen LogP contribution in [-0.2, 0) is 23.8 Å². The van der Waals surface area contributed by atoms with Gasteiger partial charge in [-0.25, -0.2) is 4.98 Å². The number of thioether (sulfide) groups is 1. The minimum Gasteiger partial charge on any atom is -0.493 e. The zero-order chi connectivity index (χ0) is 28.6. The first-order chi connectivity index (χ1) is 19.1. The first-order valence-electron chi connectivity index (χ1n) is 11.9. The topological polar surface area (TPSA) is 99.4 Å². The summed E-state index contributed by atoms with van der Waals surface area (Å²) in [6, 6.07) is 10.1. The van der Waals surface area contributed by atoms with Crippen molar-refractivity contribution in [2.75, 3.05) is 14.2 Å². The van der Waals surface area contributed by atoms with Crippen LogP contribution in [0.25, 0.3) is 5.69 Å². The number of ether oxygens (including phenoxy) is 2. The number of hydrogen-bond acceptors (Lipinski definition) is 8. The van der Waals surface area contributed by atoms with E-state index in [1.54, 1.807) is 24.4 Å². The second-order valence-electron chi connectivity index (χ2n) is 8.82. The number of aromatic nitrogens is 4. The molecule has 2 atom stereocenters. The molecular weight excluding hydrogens is 589 g/mol. The Hall–Kier alpha value is -3.29. The highest BCUT2D eigenvalue weighted by Crippen LogP contribution is 2.54. The molecule has 2 aromatic heterocycles. The molecular formula is C26H22ClF3N4O4S2. The van der Waals surface area contributed by atoms with E-state index in [1.165, 1.54) is 49.5 Å². The second-order valence-corrected chi connectivity index (χ2v) is 11.8. The molecule has 0 amide bonds. The molecule has 2 aromatic carbocycles. The molecule has 0 fully saturated rings. The average molecular weight is 611 g/mol. The molecule has 5 rings (SSSR count). The van der Waals surface area contributed by atoms with E-state index in [2.05, 4.69) is 15.2 Å². The van der Waals surface area contributed by atoms with Crippen LogP contribution in [0.15, 0.2) is 42.6 Å². The molecule has 0 radical (unpaired) electrons. The number of halogens is 4. The van der Waals surface area contributed by atoms with Crippen molar-refractivity contribution in [3.05, 3.63) is 80.3 Å². The van der Waals surface area contributed by atoms with Crippen LogP contribution in [0.2, 0.25) is 5.02 Å². The van der Waals surface area contributed by atoms with E-state index in [4.69, 9.17) is 26.2 Å². The van der Waals surface area contributed by atoms with Crippen LogP contribution < -0.4 is 9.47 Å². The van der Waals surface area contributed by atoms with Gasteiger partial charge in [0.2, 0.25) is 5.82 Å². The van der Waals surface area contributed by atoms with E-state index in [0.717, 1.165) is 9.44 Å². The Kier molecular flexibility index (Phi) is 7.98. The van der Waals surface area contributed by atoms with Gasteiger partial charge in [-0.1, -0.05) is 23.7 Å². The number of benzene rings is 2. The Morgan fingerprint density at radius 2 is 1.95 bits per heavy atom. The number of thiazole rings is 1. The summed E-state index contributed by atoms with van der Waals surface area (Å²) in [4.78, 5) is 16.2. The number of alkyl halides is 3. The second kappa shape index (κ2) is 11.3. The number of methoxy groups -OCH3 is 2. The molecule has 210 valence electrons. The number of carboxylic acid groups (broad SMARTS) is 1. The average Bonchev–Trinajstić information content (AvgIpc) is 3.54. The van der Waals surface area contributed by atoms with Crippen molar-refractivity contribution < 1.29 is 32.5 Å². The van der Waals surface area contributed by atoms with Crippen molar-refractivity contribution in [1.29, 1.82) is 0 Å². The van der Waals surface area contributed by atoms with Crippen LogP contribution in [-0.4, -0.2) is 45.0 Å². The van der Waals surface area contributed by atoms with Crippen molar-refractivity contribution in [2.24, 2.45) is 0 Å². The van der Waals surface area contributed by atoms with Crippen LogP contribution in [0, 0.1) is 0 Å². The molecule has 0 spiro atoms. The lowest BCUT2D eigenvalue weighted by molar-refractivity contribution is -0.146. The van der Waals surface area contributed by atoms with Gasteiger partial charge in [-0.15, -0.1) is 33.3 Å². The summed E-state index contributed by atoms with van der Waals surface area (Å²) in [5.74, 6) is -1.02. The molecule has 0 bridgehead atoms. The third-order valence-electron chi connectivity index (χ3n) is 6.31. The number of carboxylic acids is 1. The zero-order valence-corrected chi connectivity index (χ0v) is 23.5. The van der Waals surface area contributed by atoms with Crippen LogP contribution in [0.5, 0.6) is 11.5 Å². The highest BCUT2D eigenvalue weighted by atomic mass is 35.5. The Morgan fingerprint density at radius 3 is 2.65 bits per heavy atom.